The van der Waals surface area contributed by atoms with Gasteiger partial charge in [0.1, 0.15) is 12.4 Å². The first-order valence-electron chi connectivity index (χ1n) is 7.00. The van der Waals surface area contributed by atoms with Crippen molar-refractivity contribution in [2.45, 2.75) is 13.8 Å². The van der Waals surface area contributed by atoms with E-state index < -0.39 is 5.97 Å². The molecule has 1 aromatic carbocycles. The molecule has 0 amide bonds. The largest absolute Gasteiger partial charge is 0.487 e. The van der Waals surface area contributed by atoms with E-state index >= 15 is 0 Å². The van der Waals surface area contributed by atoms with Gasteiger partial charge in [-0.15, -0.1) is 23.2 Å². The van der Waals surface area contributed by atoms with Gasteiger partial charge in [0.15, 0.2) is 0 Å². The van der Waals surface area contributed by atoms with E-state index in [1.807, 2.05) is 24.8 Å². The molecule has 0 saturated heterocycles. The molecular weight excluding hydrogens is 325 g/mol. The molecule has 0 saturated carbocycles. The van der Waals surface area contributed by atoms with Gasteiger partial charge >= 0.3 is 5.97 Å². The lowest BCUT2D eigenvalue weighted by Crippen LogP contribution is -2.28. The second kappa shape index (κ2) is 9.59. The Labute approximate surface area is 141 Å². The zero-order chi connectivity index (χ0) is 16.5. The average molecular weight is 346 g/mol. The number of allylic oxidation sites excluding steroid dienone is 1. The predicted molar refractivity (Wildman–Crippen MR) is 92.0 cm³/mol. The molecular formula is C16H21Cl2NO3. The highest BCUT2D eigenvalue weighted by Gasteiger charge is 2.14. The van der Waals surface area contributed by atoms with Crippen LogP contribution in [0.1, 0.15) is 24.2 Å². The van der Waals surface area contributed by atoms with E-state index in [1.54, 1.807) is 12.1 Å². The number of alkyl halides is 2. The van der Waals surface area contributed by atoms with Crippen molar-refractivity contribution in [2.24, 2.45) is 0 Å². The summed E-state index contributed by atoms with van der Waals surface area (Å²) in [6.07, 6.45) is 1.94. The Morgan fingerprint density at radius 2 is 1.91 bits per heavy atom. The van der Waals surface area contributed by atoms with E-state index in [9.17, 15) is 4.79 Å². The Hall–Kier alpha value is -1.39. The number of anilines is 1. The van der Waals surface area contributed by atoms with Gasteiger partial charge in [-0.25, -0.2) is 4.79 Å². The van der Waals surface area contributed by atoms with Crippen LogP contribution in [0.25, 0.3) is 0 Å². The van der Waals surface area contributed by atoms with Crippen LogP contribution in [0.3, 0.4) is 0 Å². The summed E-state index contributed by atoms with van der Waals surface area (Å²) >= 11 is 11.7. The lowest BCUT2D eigenvalue weighted by atomic mass is 10.1. The van der Waals surface area contributed by atoms with Crippen LogP contribution in [0, 0.1) is 0 Å². The molecule has 0 radical (unpaired) electrons. The summed E-state index contributed by atoms with van der Waals surface area (Å²) in [5, 5.41) is 9.14. The molecule has 1 rings (SSSR count). The number of nitrogens with zero attached hydrogens (tertiary/aromatic N) is 1. The number of halogens is 2. The molecule has 0 spiro atoms. The van der Waals surface area contributed by atoms with E-state index in [4.69, 9.17) is 33.0 Å². The summed E-state index contributed by atoms with van der Waals surface area (Å²) in [5.41, 5.74) is 2.12. The van der Waals surface area contributed by atoms with Crippen molar-refractivity contribution in [3.8, 4) is 5.75 Å². The first-order valence-corrected chi connectivity index (χ1v) is 8.07. The number of ether oxygens (including phenoxy) is 1. The van der Waals surface area contributed by atoms with Crippen LogP contribution in [0.5, 0.6) is 5.75 Å². The smallest absolute Gasteiger partial charge is 0.335 e. The summed E-state index contributed by atoms with van der Waals surface area (Å²) in [6.45, 7) is 5.56. The van der Waals surface area contributed by atoms with Crippen molar-refractivity contribution in [1.29, 1.82) is 0 Å². The maximum atomic E-state index is 11.1. The predicted octanol–water partition coefficient (Wildman–Crippen LogP) is 4.01. The molecule has 0 aromatic heterocycles. The lowest BCUT2D eigenvalue weighted by molar-refractivity contribution is 0.0696. The van der Waals surface area contributed by atoms with Crippen LogP contribution in [0.2, 0.25) is 0 Å². The third-order valence-electron chi connectivity index (χ3n) is 2.99. The zero-order valence-electron chi connectivity index (χ0n) is 12.8. The summed E-state index contributed by atoms with van der Waals surface area (Å²) in [6, 6.07) is 4.83. The number of carboxylic acids is 1. The van der Waals surface area contributed by atoms with Crippen molar-refractivity contribution in [3.63, 3.8) is 0 Å². The van der Waals surface area contributed by atoms with Crippen LogP contribution in [0.4, 0.5) is 5.69 Å². The second-order valence-corrected chi connectivity index (χ2v) is 5.70. The van der Waals surface area contributed by atoms with Gasteiger partial charge in [0.25, 0.3) is 0 Å². The molecule has 0 aliphatic carbocycles. The minimum absolute atomic E-state index is 0.188. The van der Waals surface area contributed by atoms with Gasteiger partial charge in [0.05, 0.1) is 11.3 Å². The molecule has 1 N–H and O–H groups in total. The third-order valence-corrected chi connectivity index (χ3v) is 3.32. The van der Waals surface area contributed by atoms with E-state index in [0.29, 0.717) is 37.2 Å². The van der Waals surface area contributed by atoms with Crippen molar-refractivity contribution in [2.75, 3.05) is 36.4 Å². The number of aromatic carboxylic acids is 1. The highest BCUT2D eigenvalue weighted by molar-refractivity contribution is 6.18. The van der Waals surface area contributed by atoms with Crippen molar-refractivity contribution >= 4 is 34.9 Å². The molecule has 0 aliphatic heterocycles. The van der Waals surface area contributed by atoms with Gasteiger partial charge in [-0.1, -0.05) is 5.57 Å². The van der Waals surface area contributed by atoms with Crippen molar-refractivity contribution in [3.05, 3.63) is 35.4 Å². The highest BCUT2D eigenvalue weighted by Crippen LogP contribution is 2.30. The van der Waals surface area contributed by atoms with Crippen molar-refractivity contribution < 1.29 is 14.6 Å². The minimum atomic E-state index is -0.986. The van der Waals surface area contributed by atoms with E-state index in [0.717, 1.165) is 11.3 Å². The Morgan fingerprint density at radius 3 is 2.41 bits per heavy atom. The maximum absolute atomic E-state index is 11.1. The molecule has 0 heterocycles. The number of carbonyl (C=O) groups is 1. The molecule has 6 heteroatoms. The molecule has 0 unspecified atom stereocenters. The van der Waals surface area contributed by atoms with Gasteiger partial charge < -0.3 is 14.7 Å². The van der Waals surface area contributed by atoms with E-state index in [2.05, 4.69) is 0 Å². The number of carboxylic acid groups (broad SMARTS) is 1. The van der Waals surface area contributed by atoms with Gasteiger partial charge in [-0.3, -0.25) is 0 Å². The Kier molecular flexibility index (Phi) is 8.13. The zero-order valence-corrected chi connectivity index (χ0v) is 14.3. The summed E-state index contributed by atoms with van der Waals surface area (Å²) in [4.78, 5) is 13.1. The standard InChI is InChI=1S/C16H21Cl2NO3/c1-12(2)5-10-22-15-11-13(16(20)21)3-4-14(15)19(8-6-17)9-7-18/h3-5,11H,6-10H2,1-2H3,(H,20,21). The summed E-state index contributed by atoms with van der Waals surface area (Å²) in [7, 11) is 0. The first kappa shape index (κ1) is 18.7. The van der Waals surface area contributed by atoms with Gasteiger partial charge in [-0.2, -0.15) is 0 Å². The molecule has 0 bridgehead atoms. The third kappa shape index (κ3) is 5.78. The molecule has 1 aromatic rings. The molecule has 0 aliphatic rings. The molecule has 4 nitrogen and oxygen atoms in total. The van der Waals surface area contributed by atoms with E-state index in [1.165, 1.54) is 6.07 Å². The Balaban J connectivity index is 3.11. The van der Waals surface area contributed by atoms with Crippen LogP contribution >= 0.6 is 23.2 Å². The number of hydrogen-bond donors (Lipinski definition) is 1. The highest BCUT2D eigenvalue weighted by atomic mass is 35.5. The quantitative estimate of drug-likeness (QED) is 0.542. The molecule has 22 heavy (non-hydrogen) atoms. The average Bonchev–Trinajstić information content (AvgIpc) is 2.46. The van der Waals surface area contributed by atoms with Crippen LogP contribution in [-0.4, -0.2) is 42.5 Å². The van der Waals surface area contributed by atoms with E-state index in [-0.39, 0.29) is 5.56 Å². The monoisotopic (exact) mass is 345 g/mol. The second-order valence-electron chi connectivity index (χ2n) is 4.95. The normalized spacial score (nSPS) is 10.2. The summed E-state index contributed by atoms with van der Waals surface area (Å²) < 4.78 is 5.74. The molecule has 122 valence electrons. The van der Waals surface area contributed by atoms with Gasteiger partial charge in [0.2, 0.25) is 0 Å². The fourth-order valence-electron chi connectivity index (χ4n) is 1.88. The number of rotatable bonds is 9. The Morgan fingerprint density at radius 1 is 1.27 bits per heavy atom. The topological polar surface area (TPSA) is 49.8 Å². The van der Waals surface area contributed by atoms with Crippen LogP contribution in [0.15, 0.2) is 29.8 Å². The molecule has 0 atom stereocenters. The van der Waals surface area contributed by atoms with Gasteiger partial charge in [0, 0.05) is 24.8 Å². The minimum Gasteiger partial charge on any atom is -0.487 e. The first-order chi connectivity index (χ1) is 10.5. The fraction of sp³-hybridized carbons (Fsp3) is 0.438. The fourth-order valence-corrected chi connectivity index (χ4v) is 2.29. The summed E-state index contributed by atoms with van der Waals surface area (Å²) in [5.74, 6) is 0.433. The number of benzene rings is 1. The SMILES string of the molecule is CC(C)=CCOc1cc(C(=O)O)ccc1N(CCCl)CCCl. The maximum Gasteiger partial charge on any atom is 0.335 e. The van der Waals surface area contributed by atoms with Crippen LogP contribution in [-0.2, 0) is 0 Å². The Bertz CT molecular complexity index is 522. The lowest BCUT2D eigenvalue weighted by Gasteiger charge is -2.25. The van der Waals surface area contributed by atoms with Gasteiger partial charge in [-0.05, 0) is 38.1 Å². The molecule has 0 fully saturated rings. The number of hydrogen-bond acceptors (Lipinski definition) is 3. The van der Waals surface area contributed by atoms with Crippen LogP contribution < -0.4 is 9.64 Å². The van der Waals surface area contributed by atoms with Crippen molar-refractivity contribution in [1.82, 2.24) is 0 Å².